The van der Waals surface area contributed by atoms with Crippen LogP contribution in [0.4, 0.5) is 0 Å². The number of benzene rings is 1. The lowest BCUT2D eigenvalue weighted by molar-refractivity contribution is 0.0765. The van der Waals surface area contributed by atoms with Gasteiger partial charge in [0.2, 0.25) is 0 Å². The summed E-state index contributed by atoms with van der Waals surface area (Å²) in [7, 11) is 1.68. The van der Waals surface area contributed by atoms with E-state index in [1.807, 2.05) is 18.2 Å². The fourth-order valence-electron chi connectivity index (χ4n) is 2.03. The highest BCUT2D eigenvalue weighted by atomic mass is 35.5. The largest absolute Gasteiger partial charge is 0.467 e. The van der Waals surface area contributed by atoms with Crippen LogP contribution in [0.3, 0.4) is 0 Å². The van der Waals surface area contributed by atoms with Gasteiger partial charge in [0.05, 0.1) is 12.8 Å². The number of halogens is 1. The summed E-state index contributed by atoms with van der Waals surface area (Å²) in [4.78, 5) is 13.8. The van der Waals surface area contributed by atoms with Crippen LogP contribution in [0.1, 0.15) is 16.2 Å². The zero-order valence-electron chi connectivity index (χ0n) is 11.8. The molecule has 0 saturated heterocycles. The van der Waals surface area contributed by atoms with E-state index in [9.17, 15) is 4.79 Å². The van der Waals surface area contributed by atoms with E-state index < -0.39 is 0 Å². The van der Waals surface area contributed by atoms with Gasteiger partial charge in [-0.3, -0.25) is 4.79 Å². The zero-order valence-corrected chi connectivity index (χ0v) is 12.6. The lowest BCUT2D eigenvalue weighted by Crippen LogP contribution is -2.26. The Hall–Kier alpha value is -2.53. The summed E-state index contributed by atoms with van der Waals surface area (Å²) in [6.45, 7) is 0.370. The topological polar surface area (TPSA) is 59.5 Å². The molecular weight excluding hydrogens is 304 g/mol. The standard InChI is InChI=1S/C16H13ClN2O3/c1-19(10-13-3-2-8-21-13)16(20)14-9-15(22-18-14)11-4-6-12(17)7-5-11/h2-9H,10H2,1H3. The van der Waals surface area contributed by atoms with Crippen LogP contribution in [-0.4, -0.2) is 23.0 Å². The molecule has 3 rings (SSSR count). The van der Waals surface area contributed by atoms with E-state index in [1.54, 1.807) is 37.6 Å². The summed E-state index contributed by atoms with van der Waals surface area (Å²) in [5.41, 5.74) is 1.06. The van der Waals surface area contributed by atoms with Crippen molar-refractivity contribution in [2.45, 2.75) is 6.54 Å². The molecule has 0 atom stereocenters. The quantitative estimate of drug-likeness (QED) is 0.733. The van der Waals surface area contributed by atoms with Crippen molar-refractivity contribution in [2.24, 2.45) is 0 Å². The van der Waals surface area contributed by atoms with Crippen LogP contribution < -0.4 is 0 Å². The smallest absolute Gasteiger partial charge is 0.276 e. The van der Waals surface area contributed by atoms with Gasteiger partial charge in [-0.2, -0.15) is 0 Å². The average Bonchev–Trinajstić information content (AvgIpc) is 3.18. The van der Waals surface area contributed by atoms with Gasteiger partial charge in [-0.25, -0.2) is 0 Å². The van der Waals surface area contributed by atoms with Crippen molar-refractivity contribution in [3.8, 4) is 11.3 Å². The minimum Gasteiger partial charge on any atom is -0.467 e. The summed E-state index contributed by atoms with van der Waals surface area (Å²) in [6, 6.07) is 12.3. The maximum absolute atomic E-state index is 12.3. The van der Waals surface area contributed by atoms with Crippen LogP contribution in [-0.2, 0) is 6.54 Å². The molecular formula is C16H13ClN2O3. The lowest BCUT2D eigenvalue weighted by atomic mass is 10.1. The Morgan fingerprint density at radius 2 is 2.05 bits per heavy atom. The Morgan fingerprint density at radius 1 is 1.27 bits per heavy atom. The van der Waals surface area contributed by atoms with Gasteiger partial charge in [0.1, 0.15) is 5.76 Å². The second-order valence-corrected chi connectivity index (χ2v) is 5.26. The third-order valence-electron chi connectivity index (χ3n) is 3.18. The first-order valence-electron chi connectivity index (χ1n) is 6.64. The fourth-order valence-corrected chi connectivity index (χ4v) is 2.16. The first-order valence-corrected chi connectivity index (χ1v) is 7.02. The molecule has 0 aliphatic heterocycles. The summed E-state index contributed by atoms with van der Waals surface area (Å²) < 4.78 is 10.5. The minimum atomic E-state index is -0.236. The van der Waals surface area contributed by atoms with E-state index in [0.29, 0.717) is 23.1 Å². The lowest BCUT2D eigenvalue weighted by Gasteiger charge is -2.13. The van der Waals surface area contributed by atoms with Crippen molar-refractivity contribution in [1.82, 2.24) is 10.1 Å². The normalized spacial score (nSPS) is 10.6. The molecule has 6 heteroatoms. The molecule has 2 aromatic heterocycles. The monoisotopic (exact) mass is 316 g/mol. The van der Waals surface area contributed by atoms with Crippen molar-refractivity contribution in [1.29, 1.82) is 0 Å². The number of carbonyl (C=O) groups excluding carboxylic acids is 1. The SMILES string of the molecule is CN(Cc1ccco1)C(=O)c1cc(-c2ccc(Cl)cc2)on1. The van der Waals surface area contributed by atoms with Gasteiger partial charge >= 0.3 is 0 Å². The van der Waals surface area contributed by atoms with Crippen molar-refractivity contribution < 1.29 is 13.7 Å². The van der Waals surface area contributed by atoms with Gasteiger partial charge in [0, 0.05) is 23.7 Å². The first kappa shape index (κ1) is 14.4. The van der Waals surface area contributed by atoms with Crippen molar-refractivity contribution >= 4 is 17.5 Å². The molecule has 1 aromatic carbocycles. The molecule has 5 nitrogen and oxygen atoms in total. The Balaban J connectivity index is 1.75. The van der Waals surface area contributed by atoms with Crippen LogP contribution in [0.25, 0.3) is 11.3 Å². The van der Waals surface area contributed by atoms with E-state index in [4.69, 9.17) is 20.5 Å². The van der Waals surface area contributed by atoms with E-state index in [2.05, 4.69) is 5.16 Å². The summed E-state index contributed by atoms with van der Waals surface area (Å²) in [5, 5.41) is 4.47. The number of aromatic nitrogens is 1. The molecule has 0 fully saturated rings. The highest BCUT2D eigenvalue weighted by molar-refractivity contribution is 6.30. The molecule has 0 aliphatic rings. The number of furan rings is 1. The Labute approximate surface area is 132 Å². The number of hydrogen-bond acceptors (Lipinski definition) is 4. The molecule has 112 valence electrons. The summed E-state index contributed by atoms with van der Waals surface area (Å²) >= 11 is 5.85. The van der Waals surface area contributed by atoms with Crippen LogP contribution in [0, 0.1) is 0 Å². The molecule has 1 amide bonds. The first-order chi connectivity index (χ1) is 10.6. The Morgan fingerprint density at radius 3 is 2.73 bits per heavy atom. The molecule has 0 bridgehead atoms. The number of amides is 1. The predicted molar refractivity (Wildman–Crippen MR) is 81.5 cm³/mol. The molecule has 0 unspecified atom stereocenters. The van der Waals surface area contributed by atoms with Gasteiger partial charge in [-0.05, 0) is 36.4 Å². The molecule has 0 N–H and O–H groups in total. The van der Waals surface area contributed by atoms with Gasteiger partial charge in [-0.15, -0.1) is 0 Å². The van der Waals surface area contributed by atoms with Gasteiger partial charge in [0.15, 0.2) is 11.5 Å². The molecule has 22 heavy (non-hydrogen) atoms. The van der Waals surface area contributed by atoms with Gasteiger partial charge in [0.25, 0.3) is 5.91 Å². The van der Waals surface area contributed by atoms with E-state index in [1.165, 1.54) is 4.90 Å². The van der Waals surface area contributed by atoms with E-state index in [0.717, 1.165) is 5.56 Å². The third kappa shape index (κ3) is 3.04. The van der Waals surface area contributed by atoms with Crippen molar-refractivity contribution in [2.75, 3.05) is 7.05 Å². The van der Waals surface area contributed by atoms with Crippen LogP contribution in [0.2, 0.25) is 5.02 Å². The second-order valence-electron chi connectivity index (χ2n) is 4.82. The molecule has 0 spiro atoms. The average molecular weight is 317 g/mol. The predicted octanol–water partition coefficient (Wildman–Crippen LogP) is 3.86. The second kappa shape index (κ2) is 6.07. The van der Waals surface area contributed by atoms with Crippen LogP contribution in [0.5, 0.6) is 0 Å². The highest BCUT2D eigenvalue weighted by Gasteiger charge is 2.18. The molecule has 2 heterocycles. The van der Waals surface area contributed by atoms with Gasteiger partial charge < -0.3 is 13.8 Å². The highest BCUT2D eigenvalue weighted by Crippen LogP contribution is 2.22. The van der Waals surface area contributed by atoms with E-state index >= 15 is 0 Å². The minimum absolute atomic E-state index is 0.236. The number of carbonyl (C=O) groups is 1. The summed E-state index contributed by atoms with van der Waals surface area (Å²) in [5.74, 6) is 0.990. The van der Waals surface area contributed by atoms with Crippen molar-refractivity contribution in [3.05, 3.63) is 65.2 Å². The Kier molecular flexibility index (Phi) is 3.98. The fraction of sp³-hybridized carbons (Fsp3) is 0.125. The number of hydrogen-bond donors (Lipinski definition) is 0. The van der Waals surface area contributed by atoms with Gasteiger partial charge in [-0.1, -0.05) is 16.8 Å². The zero-order chi connectivity index (χ0) is 15.5. The maximum atomic E-state index is 12.3. The van der Waals surface area contributed by atoms with Crippen LogP contribution >= 0.6 is 11.6 Å². The molecule has 0 saturated carbocycles. The molecule has 3 aromatic rings. The third-order valence-corrected chi connectivity index (χ3v) is 3.43. The van der Waals surface area contributed by atoms with Crippen molar-refractivity contribution in [3.63, 3.8) is 0 Å². The van der Waals surface area contributed by atoms with Crippen LogP contribution in [0.15, 0.2) is 57.7 Å². The molecule has 0 radical (unpaired) electrons. The Bertz CT molecular complexity index is 763. The van der Waals surface area contributed by atoms with E-state index in [-0.39, 0.29) is 11.6 Å². The maximum Gasteiger partial charge on any atom is 0.276 e. The number of rotatable bonds is 4. The number of nitrogens with zero attached hydrogens (tertiary/aromatic N) is 2. The summed E-state index contributed by atoms with van der Waals surface area (Å²) in [6.07, 6.45) is 1.57. The molecule has 0 aliphatic carbocycles.